The van der Waals surface area contributed by atoms with Crippen molar-refractivity contribution < 1.29 is 17.9 Å². The fraction of sp³-hybridized carbons (Fsp3) is 0.533. The van der Waals surface area contributed by atoms with Crippen LogP contribution in [0.5, 0.6) is 0 Å². The summed E-state index contributed by atoms with van der Waals surface area (Å²) < 4.78 is 45.6. The molecule has 0 bridgehead atoms. The Morgan fingerprint density at radius 3 is 2.81 bits per heavy atom. The third-order valence-electron chi connectivity index (χ3n) is 3.96. The zero-order chi connectivity index (χ0) is 15.0. The molecule has 0 saturated heterocycles. The number of hydrogen-bond donors (Lipinski definition) is 1. The number of alkyl halides is 3. The maximum Gasteiger partial charge on any atom is 0.416 e. The topological polar surface area (TPSA) is 33.6 Å². The molecule has 0 saturated carbocycles. The molecule has 21 heavy (non-hydrogen) atoms. The van der Waals surface area contributed by atoms with E-state index in [9.17, 15) is 13.2 Å². The Kier molecular flexibility index (Phi) is 3.65. The molecule has 2 heterocycles. The van der Waals surface area contributed by atoms with Crippen LogP contribution in [0.2, 0.25) is 0 Å². The summed E-state index contributed by atoms with van der Waals surface area (Å²) in [5.74, 6) is 0.647. The molecule has 0 fully saturated rings. The summed E-state index contributed by atoms with van der Waals surface area (Å²) in [6, 6.07) is 4.31. The minimum Gasteiger partial charge on any atom is -0.369 e. The lowest BCUT2D eigenvalue weighted by Crippen LogP contribution is -2.36. The standard InChI is InChI=1S/C15H17F3N2O/c1-2-9-8-11-10(4-3-5-12(11)15(16,17)18)13(21-9)14-19-6-7-20-14/h3-5,9,13H,2,6-8H2,1H3,(H,19,20)/t9-,13?/m1/s1. The Labute approximate surface area is 121 Å². The van der Waals surface area contributed by atoms with Crippen molar-refractivity contribution in [2.24, 2.45) is 4.99 Å². The van der Waals surface area contributed by atoms with Crippen molar-refractivity contribution in [2.75, 3.05) is 13.1 Å². The number of fused-ring (bicyclic) bond motifs is 1. The monoisotopic (exact) mass is 298 g/mol. The second kappa shape index (κ2) is 5.33. The van der Waals surface area contributed by atoms with Gasteiger partial charge in [-0.15, -0.1) is 0 Å². The molecule has 1 N–H and O–H groups in total. The molecule has 2 aliphatic rings. The van der Waals surface area contributed by atoms with Gasteiger partial charge in [-0.2, -0.15) is 13.2 Å². The highest BCUT2D eigenvalue weighted by Crippen LogP contribution is 2.40. The molecule has 1 unspecified atom stereocenters. The Morgan fingerprint density at radius 2 is 2.19 bits per heavy atom. The molecular weight excluding hydrogens is 281 g/mol. The minimum absolute atomic E-state index is 0.212. The van der Waals surface area contributed by atoms with Crippen molar-refractivity contribution in [1.29, 1.82) is 0 Å². The van der Waals surface area contributed by atoms with Gasteiger partial charge in [0.2, 0.25) is 0 Å². The molecule has 0 amide bonds. The van der Waals surface area contributed by atoms with Gasteiger partial charge >= 0.3 is 6.18 Å². The Balaban J connectivity index is 2.08. The van der Waals surface area contributed by atoms with Crippen LogP contribution in [0.15, 0.2) is 23.2 Å². The molecule has 1 aromatic carbocycles. The zero-order valence-electron chi connectivity index (χ0n) is 11.7. The molecule has 3 nitrogen and oxygen atoms in total. The molecule has 2 atom stereocenters. The summed E-state index contributed by atoms with van der Waals surface area (Å²) in [6.45, 7) is 3.27. The minimum atomic E-state index is -4.34. The first kappa shape index (κ1) is 14.4. The van der Waals surface area contributed by atoms with Gasteiger partial charge < -0.3 is 10.1 Å². The van der Waals surface area contributed by atoms with Crippen molar-refractivity contribution in [3.63, 3.8) is 0 Å². The summed E-state index contributed by atoms with van der Waals surface area (Å²) in [5.41, 5.74) is 0.387. The quantitative estimate of drug-likeness (QED) is 0.910. The molecule has 6 heteroatoms. The number of hydrogen-bond acceptors (Lipinski definition) is 3. The van der Waals surface area contributed by atoms with Gasteiger partial charge in [0.05, 0.1) is 18.2 Å². The zero-order valence-corrected chi connectivity index (χ0v) is 11.7. The number of rotatable bonds is 2. The van der Waals surface area contributed by atoms with E-state index in [0.717, 1.165) is 6.07 Å². The van der Waals surface area contributed by atoms with Crippen LogP contribution in [0.25, 0.3) is 0 Å². The van der Waals surface area contributed by atoms with Crippen LogP contribution in [0.3, 0.4) is 0 Å². The van der Waals surface area contributed by atoms with Crippen molar-refractivity contribution in [3.05, 3.63) is 34.9 Å². The van der Waals surface area contributed by atoms with Gasteiger partial charge in [-0.25, -0.2) is 0 Å². The summed E-state index contributed by atoms with van der Waals surface area (Å²) in [7, 11) is 0. The third kappa shape index (κ3) is 2.64. The second-order valence-electron chi connectivity index (χ2n) is 5.32. The highest BCUT2D eigenvalue weighted by Gasteiger charge is 2.39. The van der Waals surface area contributed by atoms with E-state index in [2.05, 4.69) is 10.3 Å². The molecule has 0 radical (unpaired) electrons. The maximum absolute atomic E-state index is 13.2. The number of nitrogens with one attached hydrogen (secondary N) is 1. The maximum atomic E-state index is 13.2. The smallest absolute Gasteiger partial charge is 0.369 e. The molecule has 0 aromatic heterocycles. The fourth-order valence-corrected chi connectivity index (χ4v) is 2.93. The molecule has 3 rings (SSSR count). The lowest BCUT2D eigenvalue weighted by Gasteiger charge is -2.33. The van der Waals surface area contributed by atoms with E-state index in [0.29, 0.717) is 42.9 Å². The molecule has 1 aromatic rings. The number of amidine groups is 1. The third-order valence-corrected chi connectivity index (χ3v) is 3.96. The summed E-state index contributed by atoms with van der Waals surface area (Å²) in [6.07, 6.45) is -4.09. The van der Waals surface area contributed by atoms with Crippen LogP contribution in [-0.2, 0) is 17.3 Å². The highest BCUT2D eigenvalue weighted by molar-refractivity contribution is 5.89. The fourth-order valence-electron chi connectivity index (χ4n) is 2.93. The van der Waals surface area contributed by atoms with Crippen LogP contribution in [0.4, 0.5) is 13.2 Å². The normalized spacial score (nSPS) is 25.2. The highest BCUT2D eigenvalue weighted by atomic mass is 19.4. The van der Waals surface area contributed by atoms with Crippen molar-refractivity contribution in [3.8, 4) is 0 Å². The Bertz CT molecular complexity index is 569. The van der Waals surface area contributed by atoms with Gasteiger partial charge in [-0.1, -0.05) is 19.1 Å². The number of aliphatic imine (C=N–C) groups is 1. The number of nitrogens with zero attached hydrogens (tertiary/aromatic N) is 1. The largest absolute Gasteiger partial charge is 0.416 e. The van der Waals surface area contributed by atoms with Gasteiger partial charge in [0.15, 0.2) is 0 Å². The van der Waals surface area contributed by atoms with Crippen LogP contribution in [0.1, 0.15) is 36.1 Å². The number of ether oxygens (including phenoxy) is 1. The van der Waals surface area contributed by atoms with E-state index in [1.54, 1.807) is 6.07 Å². The predicted octanol–water partition coefficient (Wildman–Crippen LogP) is 3.10. The van der Waals surface area contributed by atoms with Crippen LogP contribution < -0.4 is 5.32 Å². The van der Waals surface area contributed by atoms with Gasteiger partial charge in [0.1, 0.15) is 11.9 Å². The van der Waals surface area contributed by atoms with Crippen molar-refractivity contribution >= 4 is 5.84 Å². The van der Waals surface area contributed by atoms with Crippen LogP contribution in [0, 0.1) is 0 Å². The summed E-state index contributed by atoms with van der Waals surface area (Å²) >= 11 is 0. The first-order valence-electron chi connectivity index (χ1n) is 7.13. The van der Waals surface area contributed by atoms with E-state index >= 15 is 0 Å². The van der Waals surface area contributed by atoms with Gasteiger partial charge in [-0.05, 0) is 30.0 Å². The van der Waals surface area contributed by atoms with Crippen molar-refractivity contribution in [2.45, 2.75) is 38.1 Å². The summed E-state index contributed by atoms with van der Waals surface area (Å²) in [5, 5.41) is 3.11. The van der Waals surface area contributed by atoms with E-state index in [1.165, 1.54) is 6.07 Å². The Morgan fingerprint density at radius 1 is 1.38 bits per heavy atom. The number of halogens is 3. The lowest BCUT2D eigenvalue weighted by molar-refractivity contribution is -0.139. The van der Waals surface area contributed by atoms with E-state index in [4.69, 9.17) is 4.74 Å². The molecule has 0 spiro atoms. The molecule has 114 valence electrons. The molecule has 0 aliphatic carbocycles. The number of benzene rings is 1. The average molecular weight is 298 g/mol. The van der Waals surface area contributed by atoms with Crippen LogP contribution >= 0.6 is 0 Å². The van der Waals surface area contributed by atoms with Gasteiger partial charge in [-0.3, -0.25) is 4.99 Å². The van der Waals surface area contributed by atoms with Gasteiger partial charge in [0.25, 0.3) is 0 Å². The average Bonchev–Trinajstić information content (AvgIpc) is 2.98. The SMILES string of the molecule is CC[C@@H]1Cc2c(cccc2C(F)(F)F)C(C2=NCCN2)O1. The second-order valence-corrected chi connectivity index (χ2v) is 5.32. The van der Waals surface area contributed by atoms with E-state index < -0.39 is 17.8 Å². The van der Waals surface area contributed by atoms with E-state index in [-0.39, 0.29) is 6.10 Å². The van der Waals surface area contributed by atoms with Gasteiger partial charge in [0, 0.05) is 6.54 Å². The molecular formula is C15H17F3N2O. The Hall–Kier alpha value is -1.56. The first-order valence-corrected chi connectivity index (χ1v) is 7.13. The first-order chi connectivity index (χ1) is 10.0. The van der Waals surface area contributed by atoms with Crippen molar-refractivity contribution in [1.82, 2.24) is 5.32 Å². The lowest BCUT2D eigenvalue weighted by atomic mass is 9.88. The van der Waals surface area contributed by atoms with Crippen LogP contribution in [-0.4, -0.2) is 25.0 Å². The molecule has 2 aliphatic heterocycles. The van der Waals surface area contributed by atoms with E-state index in [1.807, 2.05) is 6.92 Å². The summed E-state index contributed by atoms with van der Waals surface area (Å²) in [4.78, 5) is 4.32. The predicted molar refractivity (Wildman–Crippen MR) is 73.4 cm³/mol.